The van der Waals surface area contributed by atoms with Crippen LogP contribution in [-0.4, -0.2) is 54.1 Å². The Morgan fingerprint density at radius 2 is 2.14 bits per heavy atom. The van der Waals surface area contributed by atoms with Crippen molar-refractivity contribution in [2.45, 2.75) is 44.9 Å². The van der Waals surface area contributed by atoms with Gasteiger partial charge in [0.2, 0.25) is 5.91 Å². The van der Waals surface area contributed by atoms with Crippen molar-refractivity contribution in [3.63, 3.8) is 0 Å². The van der Waals surface area contributed by atoms with Crippen LogP contribution in [0.2, 0.25) is 0 Å². The first-order valence-electron chi connectivity index (χ1n) is 7.84. The summed E-state index contributed by atoms with van der Waals surface area (Å²) in [4.78, 5) is 18.3. The second-order valence-electron chi connectivity index (χ2n) is 6.21. The Bertz CT molecular complexity index is 467. The standard InChI is InChI=1S/C16H24N2O2S/c1-12-9-17(10-13(2)20-12)11-16(19)18-7-3-5-14(18)15-6-4-8-21-15/h4,6,8,12-14H,3,5,7,9-11H2,1-2H3/t12-,13-,14+/m1/s1. The van der Waals surface area contributed by atoms with Crippen molar-refractivity contribution in [1.29, 1.82) is 0 Å². The van der Waals surface area contributed by atoms with E-state index in [0.29, 0.717) is 12.6 Å². The summed E-state index contributed by atoms with van der Waals surface area (Å²) in [7, 11) is 0. The summed E-state index contributed by atoms with van der Waals surface area (Å²) in [6, 6.07) is 4.53. The third kappa shape index (κ3) is 3.47. The molecule has 0 aromatic carbocycles. The van der Waals surface area contributed by atoms with Crippen LogP contribution in [0.5, 0.6) is 0 Å². The van der Waals surface area contributed by atoms with Crippen LogP contribution in [0.15, 0.2) is 17.5 Å². The molecule has 0 radical (unpaired) electrons. The zero-order valence-electron chi connectivity index (χ0n) is 12.8. The predicted octanol–water partition coefficient (Wildman–Crippen LogP) is 2.52. The fourth-order valence-electron chi connectivity index (χ4n) is 3.54. The number of thiophene rings is 1. The fraction of sp³-hybridized carbons (Fsp3) is 0.688. The van der Waals surface area contributed by atoms with E-state index in [1.165, 1.54) is 4.88 Å². The van der Waals surface area contributed by atoms with Gasteiger partial charge in [0.25, 0.3) is 0 Å². The van der Waals surface area contributed by atoms with Gasteiger partial charge in [0.05, 0.1) is 24.8 Å². The van der Waals surface area contributed by atoms with Gasteiger partial charge in [0.15, 0.2) is 0 Å². The molecule has 0 N–H and O–H groups in total. The molecule has 4 nitrogen and oxygen atoms in total. The van der Waals surface area contributed by atoms with E-state index in [4.69, 9.17) is 4.74 Å². The van der Waals surface area contributed by atoms with Crippen LogP contribution in [0.25, 0.3) is 0 Å². The van der Waals surface area contributed by atoms with Gasteiger partial charge in [-0.2, -0.15) is 0 Å². The maximum Gasteiger partial charge on any atom is 0.237 e. The Hall–Kier alpha value is -0.910. The first kappa shape index (κ1) is 15.0. The Morgan fingerprint density at radius 1 is 1.38 bits per heavy atom. The molecule has 116 valence electrons. The Labute approximate surface area is 130 Å². The minimum atomic E-state index is 0.216. The SMILES string of the molecule is C[C@@H]1CN(CC(=O)N2CCC[C@H]2c2cccs2)C[C@@H](C)O1. The molecule has 3 heterocycles. The Kier molecular flexibility index (Phi) is 4.62. The number of likely N-dealkylation sites (tertiary alicyclic amines) is 1. The summed E-state index contributed by atoms with van der Waals surface area (Å²) in [6.07, 6.45) is 2.65. The minimum Gasteiger partial charge on any atom is -0.373 e. The van der Waals surface area contributed by atoms with Crippen molar-refractivity contribution in [2.75, 3.05) is 26.2 Å². The highest BCUT2D eigenvalue weighted by Gasteiger charge is 2.32. The monoisotopic (exact) mass is 308 g/mol. The Morgan fingerprint density at radius 3 is 2.81 bits per heavy atom. The second-order valence-corrected chi connectivity index (χ2v) is 7.19. The molecule has 2 aliphatic rings. The molecular weight excluding hydrogens is 284 g/mol. The number of morpholine rings is 1. The maximum atomic E-state index is 12.7. The van der Waals surface area contributed by atoms with Gasteiger partial charge in [0.1, 0.15) is 0 Å². The lowest BCUT2D eigenvalue weighted by atomic mass is 10.2. The lowest BCUT2D eigenvalue weighted by molar-refractivity contribution is -0.136. The molecule has 3 atom stereocenters. The van der Waals surface area contributed by atoms with Crippen LogP contribution in [0.3, 0.4) is 0 Å². The molecule has 2 aliphatic heterocycles. The van der Waals surface area contributed by atoms with E-state index in [1.807, 2.05) is 0 Å². The van der Waals surface area contributed by atoms with Crippen molar-refractivity contribution in [3.05, 3.63) is 22.4 Å². The minimum absolute atomic E-state index is 0.216. The molecule has 21 heavy (non-hydrogen) atoms. The van der Waals surface area contributed by atoms with Crippen LogP contribution in [0, 0.1) is 0 Å². The molecule has 5 heteroatoms. The van der Waals surface area contributed by atoms with Crippen molar-refractivity contribution < 1.29 is 9.53 Å². The van der Waals surface area contributed by atoms with E-state index in [2.05, 4.69) is 41.2 Å². The zero-order chi connectivity index (χ0) is 14.8. The van der Waals surface area contributed by atoms with Gasteiger partial charge in [-0.05, 0) is 38.1 Å². The average molecular weight is 308 g/mol. The molecule has 0 saturated carbocycles. The second kappa shape index (κ2) is 6.46. The zero-order valence-corrected chi connectivity index (χ0v) is 13.6. The van der Waals surface area contributed by atoms with Gasteiger partial charge in [0, 0.05) is 24.5 Å². The summed E-state index contributed by atoms with van der Waals surface area (Å²) in [5.41, 5.74) is 0. The van der Waals surface area contributed by atoms with E-state index in [9.17, 15) is 4.79 Å². The number of ether oxygens (including phenoxy) is 1. The van der Waals surface area contributed by atoms with Crippen LogP contribution >= 0.6 is 11.3 Å². The largest absolute Gasteiger partial charge is 0.373 e. The number of amides is 1. The molecule has 1 aromatic rings. The maximum absolute atomic E-state index is 12.7. The number of carbonyl (C=O) groups is 1. The topological polar surface area (TPSA) is 32.8 Å². The lowest BCUT2D eigenvalue weighted by Crippen LogP contribution is -2.49. The van der Waals surface area contributed by atoms with Gasteiger partial charge in [-0.3, -0.25) is 9.69 Å². The summed E-state index contributed by atoms with van der Waals surface area (Å²) < 4.78 is 5.74. The molecule has 3 rings (SSSR count). The van der Waals surface area contributed by atoms with E-state index in [1.54, 1.807) is 11.3 Å². The van der Waals surface area contributed by atoms with Crippen molar-refractivity contribution in [1.82, 2.24) is 9.80 Å². The predicted molar refractivity (Wildman–Crippen MR) is 84.5 cm³/mol. The fourth-order valence-corrected chi connectivity index (χ4v) is 4.41. The number of nitrogens with zero attached hydrogens (tertiary/aromatic N) is 2. The van der Waals surface area contributed by atoms with Crippen molar-refractivity contribution in [3.8, 4) is 0 Å². The molecule has 0 unspecified atom stereocenters. The van der Waals surface area contributed by atoms with Gasteiger partial charge in [-0.15, -0.1) is 11.3 Å². The van der Waals surface area contributed by atoms with E-state index < -0.39 is 0 Å². The Balaban J connectivity index is 1.62. The van der Waals surface area contributed by atoms with Gasteiger partial charge in [-0.1, -0.05) is 6.07 Å². The van der Waals surface area contributed by atoms with Crippen molar-refractivity contribution in [2.24, 2.45) is 0 Å². The highest BCUT2D eigenvalue weighted by atomic mass is 32.1. The highest BCUT2D eigenvalue weighted by Crippen LogP contribution is 2.34. The normalized spacial score (nSPS) is 30.8. The van der Waals surface area contributed by atoms with E-state index >= 15 is 0 Å². The molecule has 1 aromatic heterocycles. The van der Waals surface area contributed by atoms with Crippen LogP contribution in [0.4, 0.5) is 0 Å². The van der Waals surface area contributed by atoms with Crippen LogP contribution in [0.1, 0.15) is 37.6 Å². The molecular formula is C16H24N2O2S. The summed E-state index contributed by atoms with van der Waals surface area (Å²) in [6.45, 7) is 7.30. The summed E-state index contributed by atoms with van der Waals surface area (Å²) in [5, 5.41) is 2.10. The lowest BCUT2D eigenvalue weighted by Gasteiger charge is -2.36. The first-order valence-corrected chi connectivity index (χ1v) is 8.72. The van der Waals surface area contributed by atoms with Gasteiger partial charge >= 0.3 is 0 Å². The number of carbonyl (C=O) groups excluding carboxylic acids is 1. The molecule has 0 spiro atoms. The van der Waals surface area contributed by atoms with Gasteiger partial charge < -0.3 is 9.64 Å². The molecule has 0 aliphatic carbocycles. The van der Waals surface area contributed by atoms with Crippen molar-refractivity contribution >= 4 is 17.2 Å². The summed E-state index contributed by atoms with van der Waals surface area (Å²) in [5.74, 6) is 0.271. The van der Waals surface area contributed by atoms with E-state index in [-0.39, 0.29) is 18.1 Å². The van der Waals surface area contributed by atoms with E-state index in [0.717, 1.165) is 32.5 Å². The number of hydrogen-bond acceptors (Lipinski definition) is 4. The molecule has 1 amide bonds. The first-order chi connectivity index (χ1) is 10.1. The quantitative estimate of drug-likeness (QED) is 0.860. The molecule has 2 fully saturated rings. The highest BCUT2D eigenvalue weighted by molar-refractivity contribution is 7.10. The van der Waals surface area contributed by atoms with Crippen LogP contribution < -0.4 is 0 Å². The third-order valence-electron chi connectivity index (χ3n) is 4.30. The van der Waals surface area contributed by atoms with Gasteiger partial charge in [-0.25, -0.2) is 0 Å². The smallest absolute Gasteiger partial charge is 0.237 e. The number of hydrogen-bond donors (Lipinski definition) is 0. The molecule has 0 bridgehead atoms. The number of rotatable bonds is 3. The third-order valence-corrected chi connectivity index (χ3v) is 5.27. The molecule has 2 saturated heterocycles. The average Bonchev–Trinajstić information content (AvgIpc) is 3.08. The summed E-state index contributed by atoms with van der Waals surface area (Å²) >= 11 is 1.76. The van der Waals surface area contributed by atoms with Crippen LogP contribution in [-0.2, 0) is 9.53 Å².